The van der Waals surface area contributed by atoms with Gasteiger partial charge in [0, 0.05) is 17.9 Å². The Morgan fingerprint density at radius 2 is 2.07 bits per heavy atom. The number of carbonyl (C=O) groups is 2. The molecule has 1 fully saturated rings. The number of ketones is 1. The summed E-state index contributed by atoms with van der Waals surface area (Å²) >= 11 is 0. The van der Waals surface area contributed by atoms with Gasteiger partial charge in [-0.15, -0.1) is 0 Å². The van der Waals surface area contributed by atoms with E-state index in [1.807, 2.05) is 27.7 Å². The molecule has 0 radical (unpaired) electrons. The lowest BCUT2D eigenvalue weighted by molar-refractivity contribution is -0.136. The van der Waals surface area contributed by atoms with Gasteiger partial charge in [-0.3, -0.25) is 9.59 Å². The van der Waals surface area contributed by atoms with Crippen molar-refractivity contribution in [3.8, 4) is 0 Å². The fraction of sp³-hybridized carbons (Fsp3) is 0.818. The maximum absolute atomic E-state index is 11.6. The van der Waals surface area contributed by atoms with Gasteiger partial charge in [-0.1, -0.05) is 20.8 Å². The Balaban J connectivity index is 2.61. The molecule has 0 aromatic heterocycles. The van der Waals surface area contributed by atoms with E-state index in [2.05, 4.69) is 0 Å². The Hall–Kier alpha value is -0.860. The lowest BCUT2D eigenvalue weighted by Crippen LogP contribution is -2.37. The molecule has 3 nitrogen and oxygen atoms in total. The number of hydrogen-bond donors (Lipinski definition) is 0. The highest BCUT2D eigenvalue weighted by Crippen LogP contribution is 2.23. The summed E-state index contributed by atoms with van der Waals surface area (Å²) in [6.07, 6.45) is 0.879. The van der Waals surface area contributed by atoms with Gasteiger partial charge in [0.1, 0.15) is 0 Å². The van der Waals surface area contributed by atoms with Crippen molar-refractivity contribution >= 4 is 11.7 Å². The van der Waals surface area contributed by atoms with Crippen molar-refractivity contribution in [2.75, 3.05) is 6.54 Å². The van der Waals surface area contributed by atoms with Gasteiger partial charge in [0.2, 0.25) is 5.91 Å². The number of hydrogen-bond acceptors (Lipinski definition) is 2. The van der Waals surface area contributed by atoms with E-state index in [-0.39, 0.29) is 29.6 Å². The van der Waals surface area contributed by atoms with Crippen LogP contribution in [-0.2, 0) is 9.59 Å². The van der Waals surface area contributed by atoms with E-state index in [4.69, 9.17) is 0 Å². The molecule has 0 bridgehead atoms. The summed E-state index contributed by atoms with van der Waals surface area (Å²) < 4.78 is 0. The van der Waals surface area contributed by atoms with Gasteiger partial charge in [0.25, 0.3) is 0 Å². The maximum Gasteiger partial charge on any atom is 0.226 e. The van der Waals surface area contributed by atoms with E-state index in [9.17, 15) is 9.59 Å². The van der Waals surface area contributed by atoms with Gasteiger partial charge < -0.3 is 4.90 Å². The summed E-state index contributed by atoms with van der Waals surface area (Å²) in [5, 5.41) is 0. The van der Waals surface area contributed by atoms with Crippen molar-refractivity contribution in [2.24, 2.45) is 11.8 Å². The van der Waals surface area contributed by atoms with E-state index in [1.54, 1.807) is 4.90 Å². The van der Waals surface area contributed by atoms with Crippen LogP contribution in [0, 0.1) is 11.8 Å². The molecular formula is C11H19NO2. The molecule has 0 aromatic carbocycles. The molecule has 0 aliphatic carbocycles. The Kier molecular flexibility index (Phi) is 3.29. The van der Waals surface area contributed by atoms with Gasteiger partial charge >= 0.3 is 0 Å². The van der Waals surface area contributed by atoms with Crippen LogP contribution in [0.15, 0.2) is 0 Å². The molecule has 0 spiro atoms. The summed E-state index contributed by atoms with van der Waals surface area (Å²) in [5.74, 6) is 0.390. The number of nitrogens with zero attached hydrogens (tertiary/aromatic N) is 1. The van der Waals surface area contributed by atoms with Gasteiger partial charge in [0.05, 0.1) is 6.54 Å². The standard InChI is InChI=1S/C11H19NO2/c1-7(2)10(13)6-12-9(4)5-8(3)11(12)14/h7-9H,5-6H2,1-4H3. The Morgan fingerprint density at radius 3 is 2.43 bits per heavy atom. The minimum absolute atomic E-state index is 0.0194. The normalized spacial score (nSPS) is 27.5. The zero-order chi connectivity index (χ0) is 10.9. The molecule has 3 heteroatoms. The molecule has 1 aliphatic heterocycles. The third kappa shape index (κ3) is 2.14. The van der Waals surface area contributed by atoms with Gasteiger partial charge in [-0.2, -0.15) is 0 Å². The molecule has 2 unspecified atom stereocenters. The highest BCUT2D eigenvalue weighted by molar-refractivity contribution is 5.89. The second-order valence-corrected chi connectivity index (χ2v) is 4.57. The average Bonchev–Trinajstić information content (AvgIpc) is 2.32. The number of Topliss-reactive ketones (excluding diaryl/α,β-unsaturated/α-hetero) is 1. The topological polar surface area (TPSA) is 37.4 Å². The first-order valence-corrected chi connectivity index (χ1v) is 5.26. The molecule has 1 saturated heterocycles. The maximum atomic E-state index is 11.6. The van der Waals surface area contributed by atoms with E-state index >= 15 is 0 Å². The minimum atomic E-state index is 0.0194. The molecule has 1 rings (SSSR count). The first kappa shape index (κ1) is 11.2. The van der Waals surface area contributed by atoms with Crippen LogP contribution < -0.4 is 0 Å². The Morgan fingerprint density at radius 1 is 1.50 bits per heavy atom. The lowest BCUT2D eigenvalue weighted by atomic mass is 10.1. The molecule has 0 saturated carbocycles. The van der Waals surface area contributed by atoms with Crippen molar-refractivity contribution in [3.05, 3.63) is 0 Å². The lowest BCUT2D eigenvalue weighted by Gasteiger charge is -2.21. The fourth-order valence-electron chi connectivity index (χ4n) is 1.82. The minimum Gasteiger partial charge on any atom is -0.332 e. The average molecular weight is 197 g/mol. The molecule has 80 valence electrons. The molecular weight excluding hydrogens is 178 g/mol. The second kappa shape index (κ2) is 4.11. The van der Waals surface area contributed by atoms with Crippen LogP contribution >= 0.6 is 0 Å². The Labute approximate surface area is 85.5 Å². The zero-order valence-electron chi connectivity index (χ0n) is 9.41. The number of carbonyl (C=O) groups excluding carboxylic acids is 2. The smallest absolute Gasteiger partial charge is 0.226 e. The number of likely N-dealkylation sites (tertiary alicyclic amines) is 1. The SMILES string of the molecule is CC(C)C(=O)CN1C(=O)C(C)CC1C. The molecule has 1 aliphatic rings. The Bertz CT molecular complexity index is 248. The third-order valence-corrected chi connectivity index (χ3v) is 2.90. The van der Waals surface area contributed by atoms with E-state index in [1.165, 1.54) is 0 Å². The molecule has 14 heavy (non-hydrogen) atoms. The van der Waals surface area contributed by atoms with Crippen LogP contribution in [0.4, 0.5) is 0 Å². The van der Waals surface area contributed by atoms with Gasteiger partial charge in [-0.25, -0.2) is 0 Å². The van der Waals surface area contributed by atoms with Crippen molar-refractivity contribution in [1.29, 1.82) is 0 Å². The molecule has 0 aromatic rings. The number of amides is 1. The predicted octanol–water partition coefficient (Wildman–Crippen LogP) is 1.47. The van der Waals surface area contributed by atoms with Crippen LogP contribution in [-0.4, -0.2) is 29.2 Å². The fourth-order valence-corrected chi connectivity index (χ4v) is 1.82. The monoisotopic (exact) mass is 197 g/mol. The van der Waals surface area contributed by atoms with Crippen molar-refractivity contribution in [1.82, 2.24) is 4.90 Å². The molecule has 1 amide bonds. The van der Waals surface area contributed by atoms with Crippen LogP contribution in [0.5, 0.6) is 0 Å². The van der Waals surface area contributed by atoms with Crippen molar-refractivity contribution < 1.29 is 9.59 Å². The first-order chi connectivity index (χ1) is 6.43. The highest BCUT2D eigenvalue weighted by Gasteiger charge is 2.35. The highest BCUT2D eigenvalue weighted by atomic mass is 16.2. The largest absolute Gasteiger partial charge is 0.332 e. The third-order valence-electron chi connectivity index (χ3n) is 2.90. The number of rotatable bonds is 3. The van der Waals surface area contributed by atoms with E-state index in [0.29, 0.717) is 6.54 Å². The van der Waals surface area contributed by atoms with Crippen molar-refractivity contribution in [3.63, 3.8) is 0 Å². The molecule has 2 atom stereocenters. The molecule has 1 heterocycles. The second-order valence-electron chi connectivity index (χ2n) is 4.57. The summed E-state index contributed by atoms with van der Waals surface area (Å²) in [6.45, 7) is 7.98. The van der Waals surface area contributed by atoms with Crippen LogP contribution in [0.1, 0.15) is 34.1 Å². The van der Waals surface area contributed by atoms with Gasteiger partial charge in [-0.05, 0) is 13.3 Å². The van der Waals surface area contributed by atoms with Crippen LogP contribution in [0.25, 0.3) is 0 Å². The van der Waals surface area contributed by atoms with E-state index < -0.39 is 0 Å². The van der Waals surface area contributed by atoms with E-state index in [0.717, 1.165) is 6.42 Å². The summed E-state index contributed by atoms with van der Waals surface area (Å²) in [7, 11) is 0. The molecule has 0 N–H and O–H groups in total. The quantitative estimate of drug-likeness (QED) is 0.687. The summed E-state index contributed by atoms with van der Waals surface area (Å²) in [4.78, 5) is 24.9. The summed E-state index contributed by atoms with van der Waals surface area (Å²) in [5.41, 5.74) is 0. The van der Waals surface area contributed by atoms with Crippen LogP contribution in [0.3, 0.4) is 0 Å². The predicted molar refractivity (Wildman–Crippen MR) is 54.8 cm³/mol. The van der Waals surface area contributed by atoms with Crippen molar-refractivity contribution in [2.45, 2.75) is 40.2 Å². The van der Waals surface area contributed by atoms with Crippen LogP contribution in [0.2, 0.25) is 0 Å². The zero-order valence-corrected chi connectivity index (χ0v) is 9.41. The summed E-state index contributed by atoms with van der Waals surface area (Å²) in [6, 6.07) is 0.222. The first-order valence-electron chi connectivity index (χ1n) is 5.26. The van der Waals surface area contributed by atoms with Gasteiger partial charge in [0.15, 0.2) is 5.78 Å².